The normalized spacial score (nSPS) is 10.1. The van der Waals surface area contributed by atoms with E-state index >= 15 is 0 Å². The van der Waals surface area contributed by atoms with Crippen molar-refractivity contribution in [2.24, 2.45) is 0 Å². The molecule has 4 rings (SSSR count). The lowest BCUT2D eigenvalue weighted by atomic mass is 10.1. The molecule has 0 aliphatic heterocycles. The van der Waals surface area contributed by atoms with Gasteiger partial charge in [0, 0.05) is 40.0 Å². The summed E-state index contributed by atoms with van der Waals surface area (Å²) in [6.07, 6.45) is 0. The van der Waals surface area contributed by atoms with E-state index in [0.717, 1.165) is 44.6 Å². The summed E-state index contributed by atoms with van der Waals surface area (Å²) in [5.41, 5.74) is 4.86. The molecule has 4 aromatic carbocycles. The van der Waals surface area contributed by atoms with E-state index in [1.165, 1.54) is 11.8 Å². The van der Waals surface area contributed by atoms with Gasteiger partial charge in [-0.25, -0.2) is 0 Å². The van der Waals surface area contributed by atoms with E-state index in [4.69, 9.17) is 9.47 Å². The lowest BCUT2D eigenvalue weighted by Crippen LogP contribution is -2.09. The van der Waals surface area contributed by atoms with E-state index in [-0.39, 0.29) is 5.12 Å². The second-order valence-corrected chi connectivity index (χ2v) is 8.90. The van der Waals surface area contributed by atoms with Gasteiger partial charge in [0.2, 0.25) is 0 Å². The third kappa shape index (κ3) is 6.26. The molecule has 0 fully saturated rings. The van der Waals surface area contributed by atoms with Crippen LogP contribution in [0.1, 0.15) is 18.1 Å². The van der Waals surface area contributed by atoms with Gasteiger partial charge in [0.1, 0.15) is 11.5 Å². The van der Waals surface area contributed by atoms with Crippen LogP contribution in [0.25, 0.3) is 0 Å². The molecule has 5 heteroatoms. The monoisotopic (exact) mass is 479 g/mol. The fraction of sp³-hybridized carbons (Fsp3) is 0.100. The second kappa shape index (κ2) is 11.3. The Balaban J connectivity index is 1.60. The predicted octanol–water partition coefficient (Wildman–Crippen LogP) is 7.21. The van der Waals surface area contributed by atoms with E-state index in [1.807, 2.05) is 84.9 Å². The Hall–Kier alpha value is -4.14. The Morgan fingerprint density at radius 1 is 0.629 bits per heavy atom. The average Bonchev–Trinajstić information content (AvgIpc) is 2.90. The molecule has 0 aromatic heterocycles. The molecule has 0 bridgehead atoms. The first kappa shape index (κ1) is 24.0. The maximum atomic E-state index is 11.2. The molecule has 0 unspecified atom stereocenters. The van der Waals surface area contributed by atoms with Gasteiger partial charge in [0.05, 0.1) is 14.2 Å². The molecule has 174 valence electrons. The number of hydrogen-bond donors (Lipinski definition) is 0. The van der Waals surface area contributed by atoms with Crippen molar-refractivity contribution in [3.63, 3.8) is 0 Å². The number of hydrogen-bond acceptors (Lipinski definition) is 5. The molecule has 0 atom stereocenters. The number of anilines is 3. The molecular weight excluding hydrogens is 454 g/mol. The molecule has 0 amide bonds. The highest BCUT2D eigenvalue weighted by molar-refractivity contribution is 8.13. The number of carbonyl (C=O) groups is 1. The highest BCUT2D eigenvalue weighted by Crippen LogP contribution is 2.36. The van der Waals surface area contributed by atoms with Gasteiger partial charge in [-0.1, -0.05) is 23.6 Å². The van der Waals surface area contributed by atoms with Crippen LogP contribution in [0.15, 0.2) is 102 Å². The first-order valence-electron chi connectivity index (χ1n) is 11.0. The van der Waals surface area contributed by atoms with Crippen LogP contribution in [-0.4, -0.2) is 19.3 Å². The van der Waals surface area contributed by atoms with Crippen molar-refractivity contribution >= 4 is 33.9 Å². The van der Waals surface area contributed by atoms with Crippen LogP contribution in [0.4, 0.5) is 17.1 Å². The van der Waals surface area contributed by atoms with Crippen molar-refractivity contribution in [2.75, 3.05) is 19.1 Å². The summed E-state index contributed by atoms with van der Waals surface area (Å²) >= 11 is 1.22. The van der Waals surface area contributed by atoms with Crippen LogP contribution in [0, 0.1) is 11.8 Å². The standard InChI is InChI=1S/C30H25NO3S/c1-22(32)35-30-20-8-24(9-21-30)5-4-23-6-10-25(11-7-23)31(26-12-16-28(33-2)17-13-26)27-14-18-29(34-3)19-15-27/h6-21H,1-3H3. The predicted molar refractivity (Wildman–Crippen MR) is 143 cm³/mol. The molecular formula is C30H25NO3S. The number of carbonyl (C=O) groups excluding carboxylic acids is 1. The number of benzene rings is 4. The van der Waals surface area contributed by atoms with E-state index in [1.54, 1.807) is 21.1 Å². The van der Waals surface area contributed by atoms with Gasteiger partial charge in [-0.15, -0.1) is 0 Å². The van der Waals surface area contributed by atoms with Gasteiger partial charge in [0.15, 0.2) is 5.12 Å². The largest absolute Gasteiger partial charge is 0.497 e. The quantitative estimate of drug-likeness (QED) is 0.216. The first-order valence-corrected chi connectivity index (χ1v) is 11.9. The van der Waals surface area contributed by atoms with Gasteiger partial charge in [-0.3, -0.25) is 4.79 Å². The lowest BCUT2D eigenvalue weighted by molar-refractivity contribution is -0.109. The van der Waals surface area contributed by atoms with Crippen LogP contribution in [0.2, 0.25) is 0 Å². The van der Waals surface area contributed by atoms with Crippen molar-refractivity contribution < 1.29 is 14.3 Å². The molecule has 0 spiro atoms. The third-order valence-electron chi connectivity index (χ3n) is 5.25. The summed E-state index contributed by atoms with van der Waals surface area (Å²) in [4.78, 5) is 14.3. The van der Waals surface area contributed by atoms with Crippen LogP contribution in [0.3, 0.4) is 0 Å². The molecule has 0 radical (unpaired) electrons. The summed E-state index contributed by atoms with van der Waals surface area (Å²) in [7, 11) is 3.32. The number of rotatable bonds is 6. The summed E-state index contributed by atoms with van der Waals surface area (Å²) < 4.78 is 10.7. The van der Waals surface area contributed by atoms with Crippen molar-refractivity contribution in [3.8, 4) is 23.3 Å². The molecule has 0 aliphatic carbocycles. The highest BCUT2D eigenvalue weighted by atomic mass is 32.2. The molecule has 0 saturated carbocycles. The van der Waals surface area contributed by atoms with Crippen molar-refractivity contribution in [1.82, 2.24) is 0 Å². The molecule has 4 aromatic rings. The zero-order chi connectivity index (χ0) is 24.6. The van der Waals surface area contributed by atoms with Gasteiger partial charge >= 0.3 is 0 Å². The Labute approximate surface area is 210 Å². The van der Waals surface area contributed by atoms with Gasteiger partial charge in [-0.2, -0.15) is 0 Å². The number of ether oxygens (including phenoxy) is 2. The lowest BCUT2D eigenvalue weighted by Gasteiger charge is -2.25. The molecule has 0 N–H and O–H groups in total. The van der Waals surface area contributed by atoms with Gasteiger partial charge in [0.25, 0.3) is 0 Å². The van der Waals surface area contributed by atoms with Crippen LogP contribution in [-0.2, 0) is 4.79 Å². The molecule has 0 heterocycles. The minimum absolute atomic E-state index is 0.0715. The topological polar surface area (TPSA) is 38.8 Å². The zero-order valence-electron chi connectivity index (χ0n) is 19.8. The van der Waals surface area contributed by atoms with Crippen LogP contribution < -0.4 is 14.4 Å². The van der Waals surface area contributed by atoms with Gasteiger partial charge in [-0.05, 0) is 97.1 Å². The minimum Gasteiger partial charge on any atom is -0.497 e. The summed E-state index contributed by atoms with van der Waals surface area (Å²) in [5, 5.41) is 0.0715. The zero-order valence-corrected chi connectivity index (χ0v) is 20.6. The molecule has 35 heavy (non-hydrogen) atoms. The number of methoxy groups -OCH3 is 2. The van der Waals surface area contributed by atoms with E-state index < -0.39 is 0 Å². The molecule has 4 nitrogen and oxygen atoms in total. The molecule has 0 saturated heterocycles. The van der Waals surface area contributed by atoms with Crippen molar-refractivity contribution in [1.29, 1.82) is 0 Å². The Morgan fingerprint density at radius 2 is 1.00 bits per heavy atom. The van der Waals surface area contributed by atoms with Gasteiger partial charge < -0.3 is 14.4 Å². The third-order valence-corrected chi connectivity index (χ3v) is 6.05. The number of nitrogens with zero attached hydrogens (tertiary/aromatic N) is 1. The first-order chi connectivity index (χ1) is 17.1. The summed E-state index contributed by atoms with van der Waals surface area (Å²) in [5.74, 6) is 8.03. The smallest absolute Gasteiger partial charge is 0.190 e. The maximum absolute atomic E-state index is 11.2. The van der Waals surface area contributed by atoms with E-state index in [0.29, 0.717) is 0 Å². The highest BCUT2D eigenvalue weighted by Gasteiger charge is 2.13. The van der Waals surface area contributed by atoms with E-state index in [2.05, 4.69) is 28.9 Å². The summed E-state index contributed by atoms with van der Waals surface area (Å²) in [6.45, 7) is 1.56. The fourth-order valence-electron chi connectivity index (χ4n) is 3.52. The number of thioether (sulfide) groups is 1. The fourth-order valence-corrected chi connectivity index (χ4v) is 4.12. The molecule has 0 aliphatic rings. The Bertz CT molecular complexity index is 1290. The Kier molecular flexibility index (Phi) is 7.77. The maximum Gasteiger partial charge on any atom is 0.190 e. The SMILES string of the molecule is COc1ccc(N(c2ccc(C#Cc3ccc(SC(C)=O)cc3)cc2)c2ccc(OC)cc2)cc1. The minimum atomic E-state index is 0.0715. The second-order valence-electron chi connectivity index (χ2n) is 7.65. The average molecular weight is 480 g/mol. The van der Waals surface area contributed by atoms with Crippen molar-refractivity contribution in [2.45, 2.75) is 11.8 Å². The van der Waals surface area contributed by atoms with Crippen LogP contribution >= 0.6 is 11.8 Å². The summed E-state index contributed by atoms with van der Waals surface area (Å²) in [6, 6.07) is 31.8. The Morgan fingerprint density at radius 3 is 1.37 bits per heavy atom. The van der Waals surface area contributed by atoms with Crippen LogP contribution in [0.5, 0.6) is 11.5 Å². The van der Waals surface area contributed by atoms with Crippen molar-refractivity contribution in [3.05, 3.63) is 108 Å². The van der Waals surface area contributed by atoms with E-state index in [9.17, 15) is 4.79 Å².